The second-order valence-corrected chi connectivity index (χ2v) is 5.89. The Hall–Kier alpha value is -0.400. The number of anilines is 1. The maximum Gasteiger partial charge on any atom is 0.0638 e. The molecule has 3 unspecified atom stereocenters. The lowest BCUT2D eigenvalue weighted by molar-refractivity contribution is 0.440. The highest BCUT2D eigenvalue weighted by atomic mass is 35.5. The van der Waals surface area contributed by atoms with E-state index in [1.165, 1.54) is 25.7 Å². The molecule has 0 heterocycles. The third-order valence-corrected chi connectivity index (χ3v) is 4.57. The van der Waals surface area contributed by atoms with Crippen molar-refractivity contribution in [3.05, 3.63) is 28.2 Å². The van der Waals surface area contributed by atoms with Crippen LogP contribution in [-0.2, 0) is 0 Å². The van der Waals surface area contributed by atoms with Crippen LogP contribution >= 0.6 is 23.2 Å². The Kier molecular flexibility index (Phi) is 2.76. The Morgan fingerprint density at radius 1 is 1.12 bits per heavy atom. The van der Waals surface area contributed by atoms with Crippen molar-refractivity contribution in [1.82, 2.24) is 0 Å². The van der Waals surface area contributed by atoms with Gasteiger partial charge in [-0.25, -0.2) is 0 Å². The molecule has 3 heteroatoms. The summed E-state index contributed by atoms with van der Waals surface area (Å²) in [6, 6.07) is 6.22. The van der Waals surface area contributed by atoms with Crippen LogP contribution in [0.1, 0.15) is 25.7 Å². The summed E-state index contributed by atoms with van der Waals surface area (Å²) in [5, 5.41) is 5.08. The van der Waals surface area contributed by atoms with Crippen LogP contribution in [0.25, 0.3) is 0 Å². The molecule has 0 radical (unpaired) electrons. The highest BCUT2D eigenvalue weighted by Gasteiger charge is 2.39. The fourth-order valence-electron chi connectivity index (χ4n) is 3.23. The van der Waals surface area contributed by atoms with Gasteiger partial charge in [0.25, 0.3) is 0 Å². The quantitative estimate of drug-likeness (QED) is 0.815. The standard InChI is InChI=1S/C13H15Cl2N/c14-10-3-4-11(15)13(7-10)16-12-6-8-1-2-9(12)5-8/h3-4,7-9,12,16H,1-2,5-6H2. The lowest BCUT2D eigenvalue weighted by Crippen LogP contribution is -2.25. The van der Waals surface area contributed by atoms with E-state index in [9.17, 15) is 0 Å². The molecule has 0 saturated heterocycles. The third kappa shape index (κ3) is 1.91. The average Bonchev–Trinajstić information content (AvgIpc) is 2.85. The van der Waals surface area contributed by atoms with E-state index in [0.717, 1.165) is 27.6 Å². The molecule has 2 aliphatic rings. The van der Waals surface area contributed by atoms with Gasteiger partial charge in [0.2, 0.25) is 0 Å². The minimum Gasteiger partial charge on any atom is -0.381 e. The van der Waals surface area contributed by atoms with Gasteiger partial charge in [0, 0.05) is 11.1 Å². The molecular formula is C13H15Cl2N. The van der Waals surface area contributed by atoms with Crippen molar-refractivity contribution >= 4 is 28.9 Å². The summed E-state index contributed by atoms with van der Waals surface area (Å²) in [6.07, 6.45) is 5.50. The highest BCUT2D eigenvalue weighted by Crippen LogP contribution is 2.46. The van der Waals surface area contributed by atoms with E-state index in [-0.39, 0.29) is 0 Å². The van der Waals surface area contributed by atoms with E-state index in [2.05, 4.69) is 5.32 Å². The van der Waals surface area contributed by atoms with Gasteiger partial charge < -0.3 is 5.32 Å². The van der Waals surface area contributed by atoms with Crippen LogP contribution in [0.2, 0.25) is 10.0 Å². The molecule has 16 heavy (non-hydrogen) atoms. The molecule has 0 spiro atoms. The lowest BCUT2D eigenvalue weighted by Gasteiger charge is -2.24. The summed E-state index contributed by atoms with van der Waals surface area (Å²) in [4.78, 5) is 0. The van der Waals surface area contributed by atoms with Gasteiger partial charge in [0.1, 0.15) is 0 Å². The van der Waals surface area contributed by atoms with Crippen molar-refractivity contribution in [2.45, 2.75) is 31.7 Å². The first-order valence-electron chi connectivity index (χ1n) is 5.94. The Bertz CT molecular complexity index is 405. The van der Waals surface area contributed by atoms with Crippen LogP contribution in [0.15, 0.2) is 18.2 Å². The summed E-state index contributed by atoms with van der Waals surface area (Å²) in [7, 11) is 0. The molecule has 0 aromatic heterocycles. The monoisotopic (exact) mass is 255 g/mol. The molecule has 86 valence electrons. The van der Waals surface area contributed by atoms with E-state index in [0.29, 0.717) is 6.04 Å². The summed E-state index contributed by atoms with van der Waals surface area (Å²) in [5.41, 5.74) is 0.992. The molecule has 3 rings (SSSR count). The smallest absolute Gasteiger partial charge is 0.0638 e. The zero-order chi connectivity index (χ0) is 11.1. The minimum atomic E-state index is 0.606. The molecule has 0 aliphatic heterocycles. The van der Waals surface area contributed by atoms with Crippen molar-refractivity contribution in [2.75, 3.05) is 5.32 Å². The fourth-order valence-corrected chi connectivity index (χ4v) is 3.57. The zero-order valence-electron chi connectivity index (χ0n) is 9.05. The first-order valence-corrected chi connectivity index (χ1v) is 6.69. The number of benzene rings is 1. The number of fused-ring (bicyclic) bond motifs is 2. The zero-order valence-corrected chi connectivity index (χ0v) is 10.6. The lowest BCUT2D eigenvalue weighted by atomic mass is 9.95. The maximum atomic E-state index is 6.16. The molecule has 2 fully saturated rings. The molecule has 1 aromatic rings. The molecule has 0 amide bonds. The summed E-state index contributed by atoms with van der Waals surface area (Å²) < 4.78 is 0. The molecular weight excluding hydrogens is 241 g/mol. The summed E-state index contributed by atoms with van der Waals surface area (Å²) >= 11 is 12.1. The molecule has 2 aliphatic carbocycles. The molecule has 1 nitrogen and oxygen atoms in total. The van der Waals surface area contributed by atoms with E-state index < -0.39 is 0 Å². The molecule has 1 N–H and O–H groups in total. The van der Waals surface area contributed by atoms with Crippen LogP contribution in [0, 0.1) is 11.8 Å². The topological polar surface area (TPSA) is 12.0 Å². The van der Waals surface area contributed by atoms with Crippen molar-refractivity contribution in [2.24, 2.45) is 11.8 Å². The third-order valence-electron chi connectivity index (χ3n) is 4.01. The SMILES string of the molecule is Clc1ccc(Cl)c(NC2CC3CCC2C3)c1. The second-order valence-electron chi connectivity index (χ2n) is 5.05. The molecule has 1 aromatic carbocycles. The van der Waals surface area contributed by atoms with E-state index >= 15 is 0 Å². The first kappa shape index (κ1) is 10.7. The Morgan fingerprint density at radius 2 is 2.00 bits per heavy atom. The first-order chi connectivity index (χ1) is 7.72. The van der Waals surface area contributed by atoms with Gasteiger partial charge in [0.15, 0.2) is 0 Å². The Balaban J connectivity index is 1.76. The number of rotatable bonds is 2. The van der Waals surface area contributed by atoms with Gasteiger partial charge in [-0.3, -0.25) is 0 Å². The van der Waals surface area contributed by atoms with Gasteiger partial charge in [-0.05, 0) is 49.3 Å². The summed E-state index contributed by atoms with van der Waals surface area (Å²) in [6.45, 7) is 0. The number of hydrogen-bond donors (Lipinski definition) is 1. The number of nitrogens with one attached hydrogen (secondary N) is 1. The van der Waals surface area contributed by atoms with Crippen molar-refractivity contribution in [3.63, 3.8) is 0 Å². The Labute approximate surface area is 106 Å². The number of halogens is 2. The molecule has 2 bridgehead atoms. The second kappa shape index (κ2) is 4.12. The van der Waals surface area contributed by atoms with E-state index in [1.807, 2.05) is 18.2 Å². The fraction of sp³-hybridized carbons (Fsp3) is 0.538. The maximum absolute atomic E-state index is 6.16. The van der Waals surface area contributed by atoms with Crippen LogP contribution in [0.5, 0.6) is 0 Å². The Morgan fingerprint density at radius 3 is 2.69 bits per heavy atom. The normalized spacial score (nSPS) is 32.0. The predicted octanol–water partition coefficient (Wildman–Crippen LogP) is 4.59. The van der Waals surface area contributed by atoms with Crippen LogP contribution in [0.4, 0.5) is 5.69 Å². The summed E-state index contributed by atoms with van der Waals surface area (Å²) in [5.74, 6) is 1.79. The van der Waals surface area contributed by atoms with Gasteiger partial charge in [-0.2, -0.15) is 0 Å². The van der Waals surface area contributed by atoms with Crippen molar-refractivity contribution in [3.8, 4) is 0 Å². The van der Waals surface area contributed by atoms with E-state index in [4.69, 9.17) is 23.2 Å². The van der Waals surface area contributed by atoms with E-state index in [1.54, 1.807) is 0 Å². The van der Waals surface area contributed by atoms with Gasteiger partial charge >= 0.3 is 0 Å². The van der Waals surface area contributed by atoms with Gasteiger partial charge in [0.05, 0.1) is 10.7 Å². The number of hydrogen-bond acceptors (Lipinski definition) is 1. The van der Waals surface area contributed by atoms with Crippen LogP contribution in [0.3, 0.4) is 0 Å². The highest BCUT2D eigenvalue weighted by molar-refractivity contribution is 6.35. The average molecular weight is 256 g/mol. The largest absolute Gasteiger partial charge is 0.381 e. The van der Waals surface area contributed by atoms with Crippen molar-refractivity contribution in [1.29, 1.82) is 0 Å². The van der Waals surface area contributed by atoms with Crippen LogP contribution in [-0.4, -0.2) is 6.04 Å². The van der Waals surface area contributed by atoms with Crippen molar-refractivity contribution < 1.29 is 0 Å². The van der Waals surface area contributed by atoms with Gasteiger partial charge in [-0.1, -0.05) is 29.6 Å². The van der Waals surface area contributed by atoms with Gasteiger partial charge in [-0.15, -0.1) is 0 Å². The predicted molar refractivity (Wildman–Crippen MR) is 69.3 cm³/mol. The minimum absolute atomic E-state index is 0.606. The van der Waals surface area contributed by atoms with Crippen LogP contribution < -0.4 is 5.32 Å². The molecule has 3 atom stereocenters. The molecule has 2 saturated carbocycles.